The number of hydrogen-bond acceptors (Lipinski definition) is 6. The molecule has 1 amide bonds. The molecule has 38 heavy (non-hydrogen) atoms. The third kappa shape index (κ3) is 4.37. The number of nitro groups is 1. The lowest BCUT2D eigenvalue weighted by Crippen LogP contribution is -2.31. The molecule has 5 rings (SSSR count). The van der Waals surface area contributed by atoms with Gasteiger partial charge in [-0.2, -0.15) is 0 Å². The van der Waals surface area contributed by atoms with Crippen LogP contribution in [0.3, 0.4) is 0 Å². The van der Waals surface area contributed by atoms with Gasteiger partial charge in [0.05, 0.1) is 23.6 Å². The lowest BCUT2D eigenvalue weighted by Gasteiger charge is -2.26. The van der Waals surface area contributed by atoms with E-state index < -0.39 is 28.4 Å². The van der Waals surface area contributed by atoms with Gasteiger partial charge in [-0.15, -0.1) is 0 Å². The SMILES string of the molecule is COc1ccc2[nH]cc(CCN3C(=O)C(=O)/C(=C(\O)c4ccc([N+](=O)[O-])cc4)C3c3ccccc3Cl)c2c1. The number of fused-ring (bicyclic) bond motifs is 1. The predicted octanol–water partition coefficient (Wildman–Crippen LogP) is 5.40. The van der Waals surface area contributed by atoms with Gasteiger partial charge < -0.3 is 19.7 Å². The number of carbonyl (C=O) groups excluding carboxylic acids is 2. The number of nitrogens with one attached hydrogen (secondary N) is 1. The Morgan fingerprint density at radius 2 is 1.87 bits per heavy atom. The minimum absolute atomic E-state index is 0.127. The first-order valence-electron chi connectivity index (χ1n) is 11.7. The number of benzene rings is 3. The number of hydrogen-bond donors (Lipinski definition) is 2. The van der Waals surface area contributed by atoms with Crippen molar-refractivity contribution in [3.05, 3.63) is 110 Å². The number of carbonyl (C=O) groups is 2. The summed E-state index contributed by atoms with van der Waals surface area (Å²) in [6.07, 6.45) is 2.26. The molecule has 1 aliphatic heterocycles. The summed E-state index contributed by atoms with van der Waals surface area (Å²) in [6, 6.07) is 16.6. The van der Waals surface area contributed by atoms with Crippen LogP contribution in [0, 0.1) is 10.1 Å². The fourth-order valence-electron chi connectivity index (χ4n) is 4.76. The number of aromatic amines is 1. The quantitative estimate of drug-likeness (QED) is 0.108. The molecule has 1 saturated heterocycles. The molecule has 1 aromatic heterocycles. The second kappa shape index (κ2) is 10.0. The molecule has 1 aliphatic rings. The van der Waals surface area contributed by atoms with Gasteiger partial charge >= 0.3 is 0 Å². The van der Waals surface area contributed by atoms with Crippen molar-refractivity contribution < 1.29 is 24.4 Å². The van der Waals surface area contributed by atoms with E-state index in [2.05, 4.69) is 4.98 Å². The van der Waals surface area contributed by atoms with Crippen molar-refractivity contribution in [3.63, 3.8) is 0 Å². The third-order valence-corrected chi connectivity index (χ3v) is 7.03. The number of halogens is 1. The Hall–Kier alpha value is -4.63. The summed E-state index contributed by atoms with van der Waals surface area (Å²) in [4.78, 5) is 41.6. The first kappa shape index (κ1) is 25.0. The van der Waals surface area contributed by atoms with Gasteiger partial charge in [-0.25, -0.2) is 0 Å². The summed E-state index contributed by atoms with van der Waals surface area (Å²) < 4.78 is 5.34. The monoisotopic (exact) mass is 531 g/mol. The molecule has 2 N–H and O–H groups in total. The molecule has 10 heteroatoms. The highest BCUT2D eigenvalue weighted by Gasteiger charge is 2.46. The highest BCUT2D eigenvalue weighted by molar-refractivity contribution is 6.47. The van der Waals surface area contributed by atoms with E-state index >= 15 is 0 Å². The number of amides is 1. The van der Waals surface area contributed by atoms with Gasteiger partial charge in [0, 0.05) is 46.4 Å². The number of Topliss-reactive ketones (excluding diaryl/α,β-unsaturated/α-hetero) is 1. The molecule has 0 bridgehead atoms. The fraction of sp³-hybridized carbons (Fsp3) is 0.143. The topological polar surface area (TPSA) is 126 Å². The Bertz CT molecular complexity index is 1610. The molecule has 4 aromatic rings. The maximum absolute atomic E-state index is 13.3. The Morgan fingerprint density at radius 3 is 2.55 bits per heavy atom. The standard InChI is InChI=1S/C28H22ClN3O6/c1-38-19-10-11-23-21(14-19)17(15-30-23)12-13-31-25(20-4-2-3-5-22(20)29)24(27(34)28(31)35)26(33)16-6-8-18(9-7-16)32(36)37/h2-11,14-15,25,30,33H,12-13H2,1H3/b26-24-. The Morgan fingerprint density at radius 1 is 1.13 bits per heavy atom. The van der Waals surface area contributed by atoms with Crippen molar-refractivity contribution in [2.75, 3.05) is 13.7 Å². The van der Waals surface area contributed by atoms with Crippen molar-refractivity contribution >= 4 is 45.6 Å². The minimum Gasteiger partial charge on any atom is -0.507 e. The summed E-state index contributed by atoms with van der Waals surface area (Å²) in [7, 11) is 1.58. The van der Waals surface area contributed by atoms with Crippen LogP contribution < -0.4 is 4.74 Å². The van der Waals surface area contributed by atoms with E-state index in [0.717, 1.165) is 16.5 Å². The van der Waals surface area contributed by atoms with E-state index in [9.17, 15) is 24.8 Å². The molecule has 1 unspecified atom stereocenters. The average molecular weight is 532 g/mol. The smallest absolute Gasteiger partial charge is 0.295 e. The van der Waals surface area contributed by atoms with Crippen molar-refractivity contribution in [3.8, 4) is 5.75 Å². The maximum atomic E-state index is 13.3. The number of ether oxygens (including phenoxy) is 1. The van der Waals surface area contributed by atoms with Crippen LogP contribution in [0.1, 0.15) is 22.7 Å². The first-order chi connectivity index (χ1) is 18.3. The van der Waals surface area contributed by atoms with Crippen LogP contribution in [0.15, 0.2) is 78.5 Å². The largest absolute Gasteiger partial charge is 0.507 e. The number of aliphatic hydroxyl groups excluding tert-OH is 1. The lowest BCUT2D eigenvalue weighted by atomic mass is 9.95. The van der Waals surface area contributed by atoms with E-state index in [1.807, 2.05) is 24.4 Å². The zero-order chi connectivity index (χ0) is 27.0. The van der Waals surface area contributed by atoms with Gasteiger partial charge in [-0.1, -0.05) is 29.8 Å². The minimum atomic E-state index is -0.946. The van der Waals surface area contributed by atoms with Gasteiger partial charge in [0.1, 0.15) is 11.5 Å². The van der Waals surface area contributed by atoms with E-state index in [-0.39, 0.29) is 23.4 Å². The average Bonchev–Trinajstić information content (AvgIpc) is 3.44. The van der Waals surface area contributed by atoms with Crippen LogP contribution in [0.5, 0.6) is 5.75 Å². The molecule has 0 aliphatic carbocycles. The van der Waals surface area contributed by atoms with Gasteiger partial charge in [0.25, 0.3) is 17.4 Å². The highest BCUT2D eigenvalue weighted by atomic mass is 35.5. The maximum Gasteiger partial charge on any atom is 0.295 e. The molecule has 0 spiro atoms. The molecule has 0 saturated carbocycles. The van der Waals surface area contributed by atoms with Gasteiger partial charge in [-0.05, 0) is 53.9 Å². The van der Waals surface area contributed by atoms with Crippen LogP contribution in [0.2, 0.25) is 5.02 Å². The van der Waals surface area contributed by atoms with Crippen LogP contribution in [-0.2, 0) is 16.0 Å². The summed E-state index contributed by atoms with van der Waals surface area (Å²) in [5, 5.41) is 23.5. The molecule has 9 nitrogen and oxygen atoms in total. The summed E-state index contributed by atoms with van der Waals surface area (Å²) >= 11 is 6.50. The number of H-pyrrole nitrogens is 1. The second-order valence-corrected chi connectivity index (χ2v) is 9.20. The second-order valence-electron chi connectivity index (χ2n) is 8.79. The highest BCUT2D eigenvalue weighted by Crippen LogP contribution is 2.42. The summed E-state index contributed by atoms with van der Waals surface area (Å²) in [5.74, 6) is -1.36. The molecular weight excluding hydrogens is 510 g/mol. The summed E-state index contributed by atoms with van der Waals surface area (Å²) in [5.41, 5.74) is 2.20. The first-order valence-corrected chi connectivity index (χ1v) is 12.1. The number of ketones is 1. The molecule has 3 aromatic carbocycles. The van der Waals surface area contributed by atoms with Crippen molar-refractivity contribution in [2.24, 2.45) is 0 Å². The zero-order valence-corrected chi connectivity index (χ0v) is 20.9. The van der Waals surface area contributed by atoms with Gasteiger partial charge in [0.15, 0.2) is 0 Å². The number of likely N-dealkylation sites (tertiary alicyclic amines) is 1. The normalized spacial score (nSPS) is 16.8. The molecule has 1 atom stereocenters. The molecule has 192 valence electrons. The molecule has 2 heterocycles. The zero-order valence-electron chi connectivity index (χ0n) is 20.2. The number of methoxy groups -OCH3 is 1. The lowest BCUT2D eigenvalue weighted by molar-refractivity contribution is -0.384. The number of nitro benzene ring substituents is 1. The Labute approximate surface area is 222 Å². The van der Waals surface area contributed by atoms with Crippen LogP contribution in [0.25, 0.3) is 16.7 Å². The number of rotatable bonds is 7. The van der Waals surface area contributed by atoms with Crippen molar-refractivity contribution in [1.82, 2.24) is 9.88 Å². The third-order valence-electron chi connectivity index (χ3n) is 6.69. The molecular formula is C28H22ClN3O6. The van der Waals surface area contributed by atoms with E-state index in [1.165, 1.54) is 29.2 Å². The van der Waals surface area contributed by atoms with E-state index in [1.54, 1.807) is 31.4 Å². The van der Waals surface area contributed by atoms with Crippen LogP contribution >= 0.6 is 11.6 Å². The van der Waals surface area contributed by atoms with Crippen molar-refractivity contribution in [1.29, 1.82) is 0 Å². The summed E-state index contributed by atoms with van der Waals surface area (Å²) in [6.45, 7) is 0.168. The number of aromatic nitrogens is 1. The Kier molecular flexibility index (Phi) is 6.61. The number of aliphatic hydroxyl groups is 1. The van der Waals surface area contributed by atoms with E-state index in [0.29, 0.717) is 22.8 Å². The fourth-order valence-corrected chi connectivity index (χ4v) is 5.00. The Balaban J connectivity index is 1.56. The van der Waals surface area contributed by atoms with Gasteiger partial charge in [0.2, 0.25) is 0 Å². The number of nitrogens with zero attached hydrogens (tertiary/aromatic N) is 2. The van der Waals surface area contributed by atoms with Crippen LogP contribution in [0.4, 0.5) is 5.69 Å². The van der Waals surface area contributed by atoms with Gasteiger partial charge in [-0.3, -0.25) is 19.7 Å². The van der Waals surface area contributed by atoms with Crippen LogP contribution in [-0.4, -0.2) is 45.3 Å². The molecule has 0 radical (unpaired) electrons. The van der Waals surface area contributed by atoms with Crippen molar-refractivity contribution in [2.45, 2.75) is 12.5 Å². The molecule has 1 fully saturated rings. The van der Waals surface area contributed by atoms with E-state index in [4.69, 9.17) is 16.3 Å². The number of non-ortho nitro benzene ring substituents is 1. The predicted molar refractivity (Wildman–Crippen MR) is 142 cm³/mol.